The number of unbranched alkanes of at least 4 members (excludes halogenated alkanes) is 16. The Morgan fingerprint density at radius 3 is 1.60 bits per heavy atom. The number of hydrogen-bond acceptors (Lipinski definition) is 11. The fourth-order valence-corrected chi connectivity index (χ4v) is 7.39. The van der Waals surface area contributed by atoms with Gasteiger partial charge >= 0.3 is 13.8 Å². The Morgan fingerprint density at radius 2 is 1.04 bits per heavy atom. The Morgan fingerprint density at radius 1 is 0.579 bits per heavy atom. The summed E-state index contributed by atoms with van der Waals surface area (Å²) in [7, 11) is -5.02. The number of carbonyl (C=O) groups excluding carboxylic acids is 1. The van der Waals surface area contributed by atoms with Crippen LogP contribution in [-0.4, -0.2) is 98.9 Å². The van der Waals surface area contributed by atoms with E-state index >= 15 is 0 Å². The van der Waals surface area contributed by atoms with Gasteiger partial charge in [-0.2, -0.15) is 0 Å². The lowest BCUT2D eigenvalue weighted by molar-refractivity contribution is -0.220. The average molecular weight is 831 g/mol. The normalized spacial score (nSPS) is 23.3. The smallest absolute Gasteiger partial charge is 0.457 e. The standard InChI is InChI=1S/C44H79O12P/c1-3-5-7-9-11-13-15-17-19-20-22-24-26-28-30-32-34-53-35-37(36-54-57(51,52)56-44-42(49)40(47)39(46)41(48)43(44)50)55-38(45)33-31-29-27-25-23-21-18-16-14-12-10-8-6-4-2/h5,7,11,13,16-19,37,39-44,46-50H,3-4,6,8-10,12,14-15,20-36H2,1-2H3,(H,51,52)/b7-5-,13-11-,18-16-,19-17-. The van der Waals surface area contributed by atoms with E-state index in [0.29, 0.717) is 13.0 Å². The van der Waals surface area contributed by atoms with E-state index in [-0.39, 0.29) is 13.0 Å². The third-order valence-electron chi connectivity index (χ3n) is 9.94. The zero-order chi connectivity index (χ0) is 42.0. The van der Waals surface area contributed by atoms with Crippen LogP contribution in [0.5, 0.6) is 0 Å². The summed E-state index contributed by atoms with van der Waals surface area (Å²) in [6, 6.07) is 0. The second-order valence-electron chi connectivity index (χ2n) is 15.2. The van der Waals surface area contributed by atoms with Crippen molar-refractivity contribution in [3.8, 4) is 0 Å². The first-order chi connectivity index (χ1) is 27.5. The summed E-state index contributed by atoms with van der Waals surface area (Å²) in [5.41, 5.74) is 0. The highest BCUT2D eigenvalue weighted by molar-refractivity contribution is 7.47. The molecule has 0 bridgehead atoms. The van der Waals surface area contributed by atoms with Gasteiger partial charge in [-0.15, -0.1) is 0 Å². The van der Waals surface area contributed by atoms with Crippen molar-refractivity contribution in [1.82, 2.24) is 0 Å². The van der Waals surface area contributed by atoms with Crippen LogP contribution in [0.25, 0.3) is 0 Å². The van der Waals surface area contributed by atoms with Crippen molar-refractivity contribution in [2.45, 2.75) is 204 Å². The lowest BCUT2D eigenvalue weighted by Gasteiger charge is -2.41. The van der Waals surface area contributed by atoms with Gasteiger partial charge in [-0.25, -0.2) is 4.57 Å². The van der Waals surface area contributed by atoms with Gasteiger partial charge in [0.1, 0.15) is 42.7 Å². The second-order valence-corrected chi connectivity index (χ2v) is 16.6. The van der Waals surface area contributed by atoms with Crippen molar-refractivity contribution >= 4 is 13.8 Å². The van der Waals surface area contributed by atoms with Crippen molar-refractivity contribution in [1.29, 1.82) is 0 Å². The van der Waals surface area contributed by atoms with E-state index in [0.717, 1.165) is 103 Å². The first kappa shape index (κ1) is 53.3. The molecule has 0 heterocycles. The molecule has 57 heavy (non-hydrogen) atoms. The van der Waals surface area contributed by atoms with Crippen LogP contribution in [0.3, 0.4) is 0 Å². The molecule has 6 atom stereocenters. The predicted molar refractivity (Wildman–Crippen MR) is 225 cm³/mol. The zero-order valence-corrected chi connectivity index (χ0v) is 36.0. The van der Waals surface area contributed by atoms with Crippen molar-refractivity contribution in [3.63, 3.8) is 0 Å². The van der Waals surface area contributed by atoms with Gasteiger partial charge in [0.2, 0.25) is 0 Å². The number of hydrogen-bond donors (Lipinski definition) is 6. The van der Waals surface area contributed by atoms with E-state index in [1.165, 1.54) is 32.1 Å². The molecule has 332 valence electrons. The molecule has 0 saturated heterocycles. The van der Waals surface area contributed by atoms with Crippen LogP contribution in [0.15, 0.2) is 48.6 Å². The first-order valence-corrected chi connectivity index (χ1v) is 23.5. The lowest BCUT2D eigenvalue weighted by Crippen LogP contribution is -2.64. The number of allylic oxidation sites excluding steroid dienone is 8. The first-order valence-electron chi connectivity index (χ1n) is 22.0. The van der Waals surface area contributed by atoms with Gasteiger partial charge < -0.3 is 39.9 Å². The number of phosphoric ester groups is 1. The third-order valence-corrected chi connectivity index (χ3v) is 10.9. The molecule has 6 unspecified atom stereocenters. The molecule has 12 nitrogen and oxygen atoms in total. The van der Waals surface area contributed by atoms with Crippen LogP contribution < -0.4 is 0 Å². The summed E-state index contributed by atoms with van der Waals surface area (Å²) in [5, 5.41) is 50.1. The van der Waals surface area contributed by atoms with Crippen LogP contribution in [0.1, 0.15) is 162 Å². The number of esters is 1. The predicted octanol–water partition coefficient (Wildman–Crippen LogP) is 8.47. The van der Waals surface area contributed by atoms with Crippen LogP contribution in [0.4, 0.5) is 0 Å². The van der Waals surface area contributed by atoms with Crippen LogP contribution in [0.2, 0.25) is 0 Å². The van der Waals surface area contributed by atoms with Gasteiger partial charge in [0.25, 0.3) is 0 Å². The fraction of sp³-hybridized carbons (Fsp3) is 0.795. The maximum Gasteiger partial charge on any atom is 0.472 e. The number of aliphatic hydroxyl groups is 5. The summed E-state index contributed by atoms with van der Waals surface area (Å²) in [4.78, 5) is 23.1. The molecule has 0 amide bonds. The van der Waals surface area contributed by atoms with Gasteiger partial charge in [0.05, 0.1) is 13.2 Å². The SMILES string of the molecule is CC/C=C\C/C=C\C/C=C\CCCCCCCCOCC(COP(=O)(O)OC1C(O)C(O)C(O)C(O)C1O)OC(=O)CCCCCCC/C=C\CCCCCCC. The molecule has 1 aliphatic rings. The Hall–Kier alpha value is -1.70. The number of aliphatic hydroxyl groups excluding tert-OH is 5. The van der Waals surface area contributed by atoms with Crippen molar-refractivity contribution in [2.24, 2.45) is 0 Å². The third kappa shape index (κ3) is 27.6. The van der Waals surface area contributed by atoms with E-state index < -0.39 is 63.1 Å². The summed E-state index contributed by atoms with van der Waals surface area (Å²) < 4.78 is 34.1. The Labute approximate surface area is 344 Å². The van der Waals surface area contributed by atoms with Crippen LogP contribution in [-0.2, 0) is 27.9 Å². The average Bonchev–Trinajstić information content (AvgIpc) is 3.19. The Bertz CT molecular complexity index is 1130. The minimum absolute atomic E-state index is 0.0900. The summed E-state index contributed by atoms with van der Waals surface area (Å²) in [6.07, 6.45) is 28.9. The van der Waals surface area contributed by atoms with Gasteiger partial charge in [-0.1, -0.05) is 133 Å². The largest absolute Gasteiger partial charge is 0.472 e. The molecule has 1 aliphatic carbocycles. The number of carbonyl (C=O) groups is 1. The summed E-state index contributed by atoms with van der Waals surface area (Å²) in [5.74, 6) is -0.493. The molecule has 0 aromatic heterocycles. The highest BCUT2D eigenvalue weighted by atomic mass is 31.2. The quantitative estimate of drug-likeness (QED) is 0.0153. The molecule has 1 rings (SSSR count). The molecule has 0 radical (unpaired) electrons. The summed E-state index contributed by atoms with van der Waals surface area (Å²) >= 11 is 0. The monoisotopic (exact) mass is 831 g/mol. The van der Waals surface area contributed by atoms with Crippen LogP contribution in [0, 0.1) is 0 Å². The maximum absolute atomic E-state index is 12.8. The minimum Gasteiger partial charge on any atom is -0.457 e. The van der Waals surface area contributed by atoms with E-state index in [1.807, 2.05) is 0 Å². The molecule has 1 fully saturated rings. The molecule has 6 N–H and O–H groups in total. The van der Waals surface area contributed by atoms with Crippen molar-refractivity contribution in [3.05, 3.63) is 48.6 Å². The molecular weight excluding hydrogens is 751 g/mol. The van der Waals surface area contributed by atoms with E-state index in [9.17, 15) is 39.8 Å². The minimum atomic E-state index is -5.02. The number of ether oxygens (including phenoxy) is 2. The zero-order valence-electron chi connectivity index (χ0n) is 35.1. The second kappa shape index (κ2) is 35.1. The lowest BCUT2D eigenvalue weighted by atomic mass is 9.85. The van der Waals surface area contributed by atoms with Crippen molar-refractivity contribution in [2.75, 3.05) is 19.8 Å². The van der Waals surface area contributed by atoms with E-state index in [2.05, 4.69) is 62.5 Å². The molecule has 0 aliphatic heterocycles. The topological polar surface area (TPSA) is 192 Å². The molecule has 1 saturated carbocycles. The highest BCUT2D eigenvalue weighted by Crippen LogP contribution is 2.47. The van der Waals surface area contributed by atoms with Gasteiger partial charge in [-0.3, -0.25) is 13.8 Å². The van der Waals surface area contributed by atoms with Gasteiger partial charge in [-0.05, 0) is 70.6 Å². The van der Waals surface area contributed by atoms with E-state index in [1.54, 1.807) is 0 Å². The number of rotatable bonds is 36. The molecular formula is C44H79O12P. The molecule has 0 aromatic rings. The maximum atomic E-state index is 12.8. The molecule has 13 heteroatoms. The molecule has 0 spiro atoms. The van der Waals surface area contributed by atoms with Gasteiger partial charge in [0.15, 0.2) is 0 Å². The summed E-state index contributed by atoms with van der Waals surface area (Å²) in [6.45, 7) is 4.09. The van der Waals surface area contributed by atoms with E-state index in [4.69, 9.17) is 18.5 Å². The van der Waals surface area contributed by atoms with Crippen LogP contribution >= 0.6 is 7.82 Å². The highest BCUT2D eigenvalue weighted by Gasteiger charge is 2.51. The Kier molecular flexibility index (Phi) is 32.8. The van der Waals surface area contributed by atoms with Gasteiger partial charge in [0, 0.05) is 13.0 Å². The van der Waals surface area contributed by atoms with Crippen molar-refractivity contribution < 1.29 is 58.3 Å². The Balaban J connectivity index is 2.44. The fourth-order valence-electron chi connectivity index (χ4n) is 6.42. The molecule has 0 aromatic carbocycles. The number of phosphoric acid groups is 1.